The van der Waals surface area contributed by atoms with E-state index in [1.54, 1.807) is 12.1 Å². The van der Waals surface area contributed by atoms with Crippen LogP contribution in [0.1, 0.15) is 5.56 Å². The highest BCUT2D eigenvalue weighted by Gasteiger charge is 2.19. The number of para-hydroxylation sites is 2. The Morgan fingerprint density at radius 3 is 2.14 bits per heavy atom. The van der Waals surface area contributed by atoms with Crippen LogP contribution in [-0.2, 0) is 9.59 Å². The maximum Gasteiger partial charge on any atom is 0.314 e. The topological polar surface area (TPSA) is 82.0 Å². The average molecular weight is 301 g/mol. The van der Waals surface area contributed by atoms with Gasteiger partial charge >= 0.3 is 11.8 Å². The largest absolute Gasteiger partial charge is 0.317 e. The number of nitrogens with zero attached hydrogens (tertiary/aromatic N) is 1. The molecule has 5 nitrogen and oxygen atoms in total. The molecule has 0 aliphatic heterocycles. The summed E-state index contributed by atoms with van der Waals surface area (Å²) in [7, 11) is 0. The maximum absolute atomic E-state index is 13.4. The van der Waals surface area contributed by atoms with Gasteiger partial charge in [0.15, 0.2) is 0 Å². The molecule has 110 valence electrons. The van der Waals surface area contributed by atoms with Crippen molar-refractivity contribution in [3.8, 4) is 6.07 Å². The van der Waals surface area contributed by atoms with Gasteiger partial charge in [-0.2, -0.15) is 5.26 Å². The summed E-state index contributed by atoms with van der Waals surface area (Å²) in [5, 5.41) is 12.9. The molecular weight excluding hydrogens is 292 g/mol. The number of nitrogens with one attached hydrogen (secondary N) is 2. The van der Waals surface area contributed by atoms with Crippen LogP contribution < -0.4 is 10.6 Å². The lowest BCUT2D eigenvalue weighted by Gasteiger charge is -2.08. The summed E-state index contributed by atoms with van der Waals surface area (Å²) in [6.07, 6.45) is 0. The first-order valence-corrected chi connectivity index (χ1v) is 6.08. The molecule has 2 rings (SSSR count). The van der Waals surface area contributed by atoms with Gasteiger partial charge in [0.2, 0.25) is 0 Å². The van der Waals surface area contributed by atoms with E-state index in [-0.39, 0.29) is 11.3 Å². The molecule has 0 heterocycles. The number of carbonyl (C=O) groups is 2. The fourth-order valence-electron chi connectivity index (χ4n) is 1.66. The number of rotatable bonds is 2. The summed E-state index contributed by atoms with van der Waals surface area (Å²) in [6, 6.07) is 10.9. The fraction of sp³-hybridized carbons (Fsp3) is 0. The number of anilines is 2. The van der Waals surface area contributed by atoms with Crippen molar-refractivity contribution in [3.05, 3.63) is 59.7 Å². The highest BCUT2D eigenvalue weighted by Crippen LogP contribution is 2.18. The van der Waals surface area contributed by atoms with Gasteiger partial charge in [-0.15, -0.1) is 0 Å². The molecule has 7 heteroatoms. The Balaban J connectivity index is 2.14. The van der Waals surface area contributed by atoms with Crippen molar-refractivity contribution in [2.75, 3.05) is 10.6 Å². The maximum atomic E-state index is 13.4. The molecule has 2 aromatic carbocycles. The normalized spacial score (nSPS) is 9.68. The quantitative estimate of drug-likeness (QED) is 0.836. The second kappa shape index (κ2) is 6.45. The second-order valence-electron chi connectivity index (χ2n) is 4.16. The molecular formula is C15H9F2N3O2. The van der Waals surface area contributed by atoms with Crippen molar-refractivity contribution in [2.24, 2.45) is 0 Å². The molecule has 2 amide bonds. The van der Waals surface area contributed by atoms with Crippen LogP contribution in [0.25, 0.3) is 0 Å². The zero-order chi connectivity index (χ0) is 16.1. The zero-order valence-corrected chi connectivity index (χ0v) is 11.1. The lowest BCUT2D eigenvalue weighted by molar-refractivity contribution is -0.133. The van der Waals surface area contributed by atoms with Crippen LogP contribution in [0, 0.1) is 23.0 Å². The zero-order valence-electron chi connectivity index (χ0n) is 11.1. The predicted molar refractivity (Wildman–Crippen MR) is 74.8 cm³/mol. The molecule has 22 heavy (non-hydrogen) atoms. The number of carbonyl (C=O) groups excluding carboxylic acids is 2. The molecule has 0 saturated carbocycles. The van der Waals surface area contributed by atoms with Gasteiger partial charge < -0.3 is 10.6 Å². The molecule has 0 aliphatic rings. The molecule has 0 fully saturated rings. The Bertz CT molecular complexity index is 764. The predicted octanol–water partition coefficient (Wildman–Crippen LogP) is 2.41. The fourth-order valence-corrected chi connectivity index (χ4v) is 1.66. The van der Waals surface area contributed by atoms with Crippen molar-refractivity contribution in [3.63, 3.8) is 0 Å². The van der Waals surface area contributed by atoms with Crippen molar-refractivity contribution >= 4 is 23.2 Å². The number of amides is 2. The van der Waals surface area contributed by atoms with E-state index >= 15 is 0 Å². The third-order valence-electron chi connectivity index (χ3n) is 2.70. The van der Waals surface area contributed by atoms with Crippen molar-refractivity contribution < 1.29 is 18.4 Å². The van der Waals surface area contributed by atoms with E-state index in [9.17, 15) is 18.4 Å². The van der Waals surface area contributed by atoms with Gasteiger partial charge in [0.05, 0.1) is 11.3 Å². The molecule has 2 N–H and O–H groups in total. The van der Waals surface area contributed by atoms with Crippen molar-refractivity contribution in [1.29, 1.82) is 5.26 Å². The van der Waals surface area contributed by atoms with E-state index in [0.29, 0.717) is 0 Å². The summed E-state index contributed by atoms with van der Waals surface area (Å²) >= 11 is 0. The van der Waals surface area contributed by atoms with E-state index in [2.05, 4.69) is 5.32 Å². The van der Waals surface area contributed by atoms with Crippen LogP contribution in [0.15, 0.2) is 42.5 Å². The number of nitriles is 1. The van der Waals surface area contributed by atoms with E-state index in [1.165, 1.54) is 12.1 Å². The number of hydrogen-bond donors (Lipinski definition) is 2. The Kier molecular flexibility index (Phi) is 4.44. The molecule has 0 unspecified atom stereocenters. The van der Waals surface area contributed by atoms with E-state index < -0.39 is 29.1 Å². The SMILES string of the molecule is N#Cc1ccccc1NC(=O)C(=O)Nc1c(F)cccc1F. The van der Waals surface area contributed by atoms with Gasteiger partial charge in [-0.1, -0.05) is 18.2 Å². The summed E-state index contributed by atoms with van der Waals surface area (Å²) < 4.78 is 26.8. The van der Waals surface area contributed by atoms with Gasteiger partial charge in [0.25, 0.3) is 0 Å². The van der Waals surface area contributed by atoms with Crippen LogP contribution in [0.4, 0.5) is 20.2 Å². The van der Waals surface area contributed by atoms with Gasteiger partial charge in [-0.3, -0.25) is 9.59 Å². The second-order valence-corrected chi connectivity index (χ2v) is 4.16. The summed E-state index contributed by atoms with van der Waals surface area (Å²) in [5.41, 5.74) is -0.434. The standard InChI is InChI=1S/C15H9F2N3O2/c16-10-5-3-6-11(17)13(10)20-15(22)14(21)19-12-7-2-1-4-9(12)8-18/h1-7H,(H,19,21)(H,20,22). The molecule has 0 saturated heterocycles. The summed E-state index contributed by atoms with van der Waals surface area (Å²) in [5.74, 6) is -4.40. The number of halogens is 2. The van der Waals surface area contributed by atoms with E-state index in [1.807, 2.05) is 11.4 Å². The average Bonchev–Trinajstić information content (AvgIpc) is 2.51. The van der Waals surface area contributed by atoms with E-state index in [4.69, 9.17) is 5.26 Å². The molecule has 0 atom stereocenters. The van der Waals surface area contributed by atoms with Crippen LogP contribution in [0.2, 0.25) is 0 Å². The first kappa shape index (κ1) is 15.1. The third kappa shape index (κ3) is 3.24. The highest BCUT2D eigenvalue weighted by molar-refractivity contribution is 6.43. The lowest BCUT2D eigenvalue weighted by atomic mass is 10.2. The van der Waals surface area contributed by atoms with Crippen molar-refractivity contribution in [2.45, 2.75) is 0 Å². The van der Waals surface area contributed by atoms with Crippen LogP contribution in [-0.4, -0.2) is 11.8 Å². The van der Waals surface area contributed by atoms with Gasteiger partial charge in [-0.05, 0) is 24.3 Å². The van der Waals surface area contributed by atoms with Gasteiger partial charge in [-0.25, -0.2) is 8.78 Å². The monoisotopic (exact) mass is 301 g/mol. The smallest absolute Gasteiger partial charge is 0.314 e. The minimum atomic E-state index is -1.25. The molecule has 0 spiro atoms. The Labute approximate surface area is 124 Å². The lowest BCUT2D eigenvalue weighted by Crippen LogP contribution is -2.30. The van der Waals surface area contributed by atoms with Crippen LogP contribution >= 0.6 is 0 Å². The minimum absolute atomic E-state index is 0.124. The number of hydrogen-bond acceptors (Lipinski definition) is 3. The Hall–Kier alpha value is -3.27. The molecule has 0 aromatic heterocycles. The molecule has 0 bridgehead atoms. The molecule has 2 aromatic rings. The Morgan fingerprint density at radius 1 is 0.909 bits per heavy atom. The first-order chi connectivity index (χ1) is 10.5. The first-order valence-electron chi connectivity index (χ1n) is 6.08. The van der Waals surface area contributed by atoms with Gasteiger partial charge in [0, 0.05) is 0 Å². The van der Waals surface area contributed by atoms with Gasteiger partial charge in [0.1, 0.15) is 23.4 Å². The molecule has 0 aliphatic carbocycles. The third-order valence-corrected chi connectivity index (χ3v) is 2.70. The molecule has 0 radical (unpaired) electrons. The van der Waals surface area contributed by atoms with Crippen LogP contribution in [0.5, 0.6) is 0 Å². The van der Waals surface area contributed by atoms with E-state index in [0.717, 1.165) is 18.2 Å². The Morgan fingerprint density at radius 2 is 1.50 bits per heavy atom. The highest BCUT2D eigenvalue weighted by atomic mass is 19.1. The summed E-state index contributed by atoms with van der Waals surface area (Å²) in [6.45, 7) is 0. The van der Waals surface area contributed by atoms with Crippen molar-refractivity contribution in [1.82, 2.24) is 0 Å². The minimum Gasteiger partial charge on any atom is -0.317 e. The number of benzene rings is 2. The van der Waals surface area contributed by atoms with Crippen LogP contribution in [0.3, 0.4) is 0 Å². The summed E-state index contributed by atoms with van der Waals surface area (Å²) in [4.78, 5) is 23.4.